The van der Waals surface area contributed by atoms with Gasteiger partial charge in [-0.15, -0.1) is 0 Å². The Morgan fingerprint density at radius 3 is 1.13 bits per heavy atom. The fraction of sp³-hybridized carbons (Fsp3) is 0.230. The van der Waals surface area contributed by atoms with Crippen molar-refractivity contribution in [2.45, 2.75) is 51.7 Å². The standard InChI is InChI=1S/C17H18O4.C16H16O4.C9H9BrO2.C9H10O2.C8H10O2.C2H3ClO/c1-20-17(19)16-5-3-2-4-14(16)12-21-15-8-6-13(7-9-15)10-11-18;17-10-9-12-5-7-14(8-6-12)20-11-13-3-1-2-4-15(13)16(18)19;1-12-9(11)8-5-3-2-4-7(8)6-10;1-7-5-3-4-6-8(7)9(10)11-2;9-6-5-7-1-3-8(10)4-2-7;1-2(3)4/h2-9,18H,10-12H2,1H3;1-8,17H,9-11H2,(H,18,19);2-5H,6H2,1H3;3-6H,1-2H3;1-4,9-10H,5-6H2;1H3. The van der Waals surface area contributed by atoms with E-state index in [1.54, 1.807) is 72.8 Å². The number of rotatable bonds is 17. The summed E-state index contributed by atoms with van der Waals surface area (Å²) in [6, 6.07) is 50.4. The zero-order valence-corrected chi connectivity index (χ0v) is 46.4. The Labute approximate surface area is 468 Å². The van der Waals surface area contributed by atoms with Crippen molar-refractivity contribution >= 4 is 56.7 Å². The lowest BCUT2D eigenvalue weighted by Gasteiger charge is -2.10. The molecule has 15 nitrogen and oxygen atoms in total. The van der Waals surface area contributed by atoms with Crippen LogP contribution in [0.15, 0.2) is 170 Å². The molecule has 0 bridgehead atoms. The minimum atomic E-state index is -0.956. The predicted molar refractivity (Wildman–Crippen MR) is 303 cm³/mol. The number of aliphatic hydroxyl groups is 3. The molecule has 0 amide bonds. The molecule has 7 aromatic rings. The van der Waals surface area contributed by atoms with Gasteiger partial charge in [-0.25, -0.2) is 19.2 Å². The van der Waals surface area contributed by atoms with E-state index >= 15 is 0 Å². The van der Waals surface area contributed by atoms with Crippen LogP contribution in [0.25, 0.3) is 0 Å². The predicted octanol–water partition coefficient (Wildman–Crippen LogP) is 10.9. The third kappa shape index (κ3) is 25.8. The average molecular weight is 1150 g/mol. The van der Waals surface area contributed by atoms with Crippen molar-refractivity contribution in [1.82, 2.24) is 0 Å². The number of aryl methyl sites for hydroxylation is 1. The highest BCUT2D eigenvalue weighted by Gasteiger charge is 2.13. The molecule has 0 aliphatic carbocycles. The van der Waals surface area contributed by atoms with Gasteiger partial charge in [-0.1, -0.05) is 125 Å². The van der Waals surface area contributed by atoms with Crippen molar-refractivity contribution in [1.29, 1.82) is 0 Å². The number of methoxy groups -OCH3 is 3. The summed E-state index contributed by atoms with van der Waals surface area (Å²) in [5, 5.41) is 44.5. The van der Waals surface area contributed by atoms with Crippen molar-refractivity contribution in [2.24, 2.45) is 0 Å². The number of hydrogen-bond acceptors (Lipinski definition) is 14. The number of carboxylic acids is 1. The van der Waals surface area contributed by atoms with E-state index in [1.165, 1.54) is 28.3 Å². The van der Waals surface area contributed by atoms with Crippen molar-refractivity contribution < 1.29 is 73.2 Å². The monoisotopic (exact) mass is 1150 g/mol. The molecule has 0 fully saturated rings. The largest absolute Gasteiger partial charge is 0.508 e. The molecule has 0 atom stereocenters. The van der Waals surface area contributed by atoms with Crippen LogP contribution in [0.3, 0.4) is 0 Å². The molecule has 414 valence electrons. The molecule has 0 radical (unpaired) electrons. The molecule has 0 aliphatic rings. The van der Waals surface area contributed by atoms with E-state index in [-0.39, 0.29) is 60.9 Å². The molecule has 17 heteroatoms. The van der Waals surface area contributed by atoms with Crippen LogP contribution < -0.4 is 9.47 Å². The molecule has 7 aromatic carbocycles. The van der Waals surface area contributed by atoms with Gasteiger partial charge in [0.2, 0.25) is 5.24 Å². The minimum Gasteiger partial charge on any atom is -0.508 e. The third-order valence-electron chi connectivity index (χ3n) is 10.6. The van der Waals surface area contributed by atoms with Gasteiger partial charge in [-0.05, 0) is 126 Å². The number of carboxylic acid groups (broad SMARTS) is 1. The third-order valence-corrected chi connectivity index (χ3v) is 11.2. The molecular formula is C61H66BrClO15. The lowest BCUT2D eigenvalue weighted by atomic mass is 10.1. The zero-order valence-electron chi connectivity index (χ0n) is 44.1. The fourth-order valence-electron chi connectivity index (χ4n) is 6.54. The number of ether oxygens (including phenoxy) is 5. The SMILES string of the molecule is CC(=O)Cl.COC(=O)c1ccccc1C.COC(=O)c1ccccc1CBr.COC(=O)c1ccccc1COc1ccc(CCO)cc1.O=C(O)c1ccccc1COc1ccc(CCO)cc1.OCCc1ccc(O)cc1. The molecule has 5 N–H and O–H groups in total. The number of phenolic OH excluding ortho intramolecular Hbond substituents is 1. The van der Waals surface area contributed by atoms with Crippen LogP contribution in [-0.4, -0.2) is 95.8 Å². The number of carbonyl (C=O) groups excluding carboxylic acids is 4. The summed E-state index contributed by atoms with van der Waals surface area (Å²) in [5.41, 5.74) is 8.46. The van der Waals surface area contributed by atoms with Crippen LogP contribution in [0.2, 0.25) is 0 Å². The van der Waals surface area contributed by atoms with Crippen molar-refractivity contribution in [3.8, 4) is 17.2 Å². The van der Waals surface area contributed by atoms with Gasteiger partial charge >= 0.3 is 23.9 Å². The number of aliphatic hydroxyl groups excluding tert-OH is 3. The van der Waals surface area contributed by atoms with E-state index in [2.05, 4.69) is 37.0 Å². The van der Waals surface area contributed by atoms with Gasteiger partial charge in [0, 0.05) is 43.2 Å². The van der Waals surface area contributed by atoms with Crippen LogP contribution in [0, 0.1) is 6.92 Å². The van der Waals surface area contributed by atoms with E-state index in [0.717, 1.165) is 39.1 Å². The first-order valence-corrected chi connectivity index (χ1v) is 25.6. The van der Waals surface area contributed by atoms with Crippen molar-refractivity contribution in [3.63, 3.8) is 0 Å². The van der Waals surface area contributed by atoms with Gasteiger partial charge < -0.3 is 49.2 Å². The summed E-state index contributed by atoms with van der Waals surface area (Å²) in [4.78, 5) is 54.1. The number of phenols is 1. The van der Waals surface area contributed by atoms with Crippen LogP contribution >= 0.6 is 27.5 Å². The Morgan fingerprint density at radius 2 is 0.769 bits per heavy atom. The number of halogens is 2. The minimum absolute atomic E-state index is 0.117. The summed E-state index contributed by atoms with van der Waals surface area (Å²) in [6.45, 7) is 4.09. The van der Waals surface area contributed by atoms with Crippen molar-refractivity contribution in [3.05, 3.63) is 231 Å². The van der Waals surface area contributed by atoms with E-state index in [0.29, 0.717) is 59.2 Å². The van der Waals surface area contributed by atoms with E-state index in [4.69, 9.17) is 39.7 Å². The number of benzene rings is 7. The molecular weight excluding hydrogens is 1090 g/mol. The summed E-state index contributed by atoms with van der Waals surface area (Å²) >= 11 is 7.93. The maximum absolute atomic E-state index is 11.7. The highest BCUT2D eigenvalue weighted by Crippen LogP contribution is 2.19. The number of carbonyl (C=O) groups is 5. The summed E-state index contributed by atoms with van der Waals surface area (Å²) in [7, 11) is 4.13. The molecule has 0 aromatic heterocycles. The molecule has 0 saturated carbocycles. The molecule has 0 unspecified atom stereocenters. The molecule has 0 heterocycles. The smallest absolute Gasteiger partial charge is 0.338 e. The number of esters is 3. The lowest BCUT2D eigenvalue weighted by molar-refractivity contribution is -0.109. The second-order valence-electron chi connectivity index (χ2n) is 16.1. The van der Waals surface area contributed by atoms with E-state index < -0.39 is 5.97 Å². The normalized spacial score (nSPS) is 9.72. The van der Waals surface area contributed by atoms with Gasteiger partial charge in [0.25, 0.3) is 0 Å². The maximum Gasteiger partial charge on any atom is 0.338 e. The Bertz CT molecular complexity index is 2870. The number of alkyl halides is 1. The second-order valence-corrected chi connectivity index (χ2v) is 17.2. The number of aromatic hydroxyl groups is 1. The Kier molecular flexibility index (Phi) is 32.8. The Balaban J connectivity index is 0.000000337. The summed E-state index contributed by atoms with van der Waals surface area (Å²) in [5.74, 6) is -0.229. The molecule has 0 aliphatic heterocycles. The quantitative estimate of drug-likeness (QED) is 0.0247. The molecule has 0 saturated heterocycles. The zero-order chi connectivity index (χ0) is 57.7. The summed E-state index contributed by atoms with van der Waals surface area (Å²) < 4.78 is 25.2. The first-order valence-electron chi connectivity index (χ1n) is 24.1. The van der Waals surface area contributed by atoms with Gasteiger partial charge in [0.05, 0.1) is 43.6 Å². The second kappa shape index (κ2) is 38.6. The van der Waals surface area contributed by atoms with E-state index in [1.807, 2.05) is 104 Å². The van der Waals surface area contributed by atoms with Gasteiger partial charge in [0.15, 0.2) is 0 Å². The van der Waals surface area contributed by atoms with Crippen LogP contribution in [-0.2, 0) is 56.8 Å². The lowest BCUT2D eigenvalue weighted by Crippen LogP contribution is -2.07. The number of aromatic carboxylic acids is 1. The average Bonchev–Trinajstić information content (AvgIpc) is 3.45. The molecule has 7 rings (SSSR count). The highest BCUT2D eigenvalue weighted by molar-refractivity contribution is 9.08. The Morgan fingerprint density at radius 1 is 0.462 bits per heavy atom. The number of hydrogen-bond donors (Lipinski definition) is 5. The maximum atomic E-state index is 11.7. The molecule has 78 heavy (non-hydrogen) atoms. The Hall–Kier alpha value is -7.86. The first-order chi connectivity index (χ1) is 37.5. The van der Waals surface area contributed by atoms with Gasteiger partial charge in [0.1, 0.15) is 30.5 Å². The van der Waals surface area contributed by atoms with Crippen LogP contribution in [0.4, 0.5) is 0 Å². The van der Waals surface area contributed by atoms with Crippen LogP contribution in [0.5, 0.6) is 17.2 Å². The van der Waals surface area contributed by atoms with Crippen LogP contribution in [0.1, 0.15) is 87.3 Å². The van der Waals surface area contributed by atoms with Gasteiger partial charge in [-0.3, -0.25) is 4.79 Å². The fourth-order valence-corrected chi connectivity index (χ4v) is 7.03. The highest BCUT2D eigenvalue weighted by atomic mass is 79.9. The van der Waals surface area contributed by atoms with Gasteiger partial charge in [-0.2, -0.15) is 0 Å². The van der Waals surface area contributed by atoms with Crippen molar-refractivity contribution in [2.75, 3.05) is 41.2 Å². The van der Waals surface area contributed by atoms with E-state index in [9.17, 15) is 24.0 Å². The molecule has 0 spiro atoms. The first kappa shape index (κ1) is 66.3. The summed E-state index contributed by atoms with van der Waals surface area (Å²) in [6.07, 6.45) is 1.90. The topological polar surface area (TPSA) is 233 Å².